The van der Waals surface area contributed by atoms with Gasteiger partial charge >= 0.3 is 0 Å². The first-order chi connectivity index (χ1) is 8.78. The average Bonchev–Trinajstić information content (AvgIpc) is 2.55. The van der Waals surface area contributed by atoms with Crippen LogP contribution in [0.5, 0.6) is 0 Å². The van der Waals surface area contributed by atoms with E-state index in [4.69, 9.17) is 5.73 Å². The zero-order chi connectivity index (χ0) is 14.2. The molecule has 0 amide bonds. The molecular weight excluding hydrogens is 278 g/mol. The second-order valence-corrected chi connectivity index (χ2v) is 5.88. The molecule has 1 aromatic heterocycles. The Labute approximate surface area is 108 Å². The third-order valence-electron chi connectivity index (χ3n) is 2.50. The molecule has 0 bridgehead atoms. The number of hydrogen-bond donors (Lipinski definition) is 2. The number of hydrogen-bond acceptors (Lipinski definition) is 4. The number of nitrogen functional groups attached to an aromatic ring is 1. The van der Waals surface area contributed by atoms with E-state index in [9.17, 15) is 17.2 Å². The molecule has 0 atom stereocenters. The minimum absolute atomic E-state index is 0.00481. The molecule has 0 saturated carbocycles. The Balaban J connectivity index is 2.35. The molecule has 0 fully saturated rings. The highest BCUT2D eigenvalue weighted by Gasteiger charge is 2.14. The van der Waals surface area contributed by atoms with Gasteiger partial charge in [0.25, 0.3) is 0 Å². The zero-order valence-corrected chi connectivity index (χ0v) is 10.8. The third kappa shape index (κ3) is 2.99. The summed E-state index contributed by atoms with van der Waals surface area (Å²) in [5.74, 6) is -1.56. The average molecular weight is 290 g/mol. The maximum atomic E-state index is 13.5. The van der Waals surface area contributed by atoms with Gasteiger partial charge in [-0.1, -0.05) is 0 Å². The fourth-order valence-electron chi connectivity index (χ4n) is 1.74. The highest BCUT2D eigenvalue weighted by Crippen LogP contribution is 2.21. The first-order valence-electron chi connectivity index (χ1n) is 5.33. The van der Waals surface area contributed by atoms with Gasteiger partial charge in [-0.25, -0.2) is 26.9 Å². The van der Waals surface area contributed by atoms with E-state index in [0.29, 0.717) is 6.07 Å². The topological polar surface area (TPSA) is 90.0 Å². The molecule has 0 spiro atoms. The van der Waals surface area contributed by atoms with Gasteiger partial charge in [-0.2, -0.15) is 0 Å². The van der Waals surface area contributed by atoms with Crippen LogP contribution in [0, 0.1) is 11.6 Å². The van der Waals surface area contributed by atoms with Crippen molar-refractivity contribution in [1.29, 1.82) is 0 Å². The van der Waals surface area contributed by atoms with Gasteiger partial charge in [0.2, 0.25) is 16.0 Å². The number of fused-ring (bicyclic) bond motifs is 1. The van der Waals surface area contributed by atoms with E-state index >= 15 is 0 Å². The van der Waals surface area contributed by atoms with E-state index in [2.05, 4.69) is 9.71 Å². The van der Waals surface area contributed by atoms with Crippen molar-refractivity contribution in [3.63, 3.8) is 0 Å². The molecule has 9 heteroatoms. The molecule has 104 valence electrons. The maximum Gasteiger partial charge on any atom is 0.208 e. The molecule has 1 aromatic carbocycles. The van der Waals surface area contributed by atoms with Crippen molar-refractivity contribution in [2.45, 2.75) is 6.54 Å². The Morgan fingerprint density at radius 1 is 1.42 bits per heavy atom. The van der Waals surface area contributed by atoms with Crippen LogP contribution in [0.25, 0.3) is 11.0 Å². The van der Waals surface area contributed by atoms with Crippen molar-refractivity contribution in [3.8, 4) is 0 Å². The van der Waals surface area contributed by atoms with Crippen LogP contribution in [0.2, 0.25) is 0 Å². The standard InChI is InChI=1S/C10H12F2N4O2S/c1-19(17,18)14-2-3-16-8-5-6(11)4-7(12)9(8)15-10(16)13/h4-5,14H,2-3H2,1H3,(H2,13,15). The van der Waals surface area contributed by atoms with Crippen LogP contribution >= 0.6 is 0 Å². The summed E-state index contributed by atoms with van der Waals surface area (Å²) in [6, 6.07) is 1.82. The Morgan fingerprint density at radius 3 is 2.74 bits per heavy atom. The lowest BCUT2D eigenvalue weighted by Crippen LogP contribution is -2.26. The minimum Gasteiger partial charge on any atom is -0.369 e. The summed E-state index contributed by atoms with van der Waals surface area (Å²) >= 11 is 0. The fraction of sp³-hybridized carbons (Fsp3) is 0.300. The van der Waals surface area contributed by atoms with E-state index < -0.39 is 21.7 Å². The molecule has 0 radical (unpaired) electrons. The quantitative estimate of drug-likeness (QED) is 0.855. The highest BCUT2D eigenvalue weighted by atomic mass is 32.2. The molecule has 3 N–H and O–H groups in total. The molecule has 0 aliphatic rings. The fourth-order valence-corrected chi connectivity index (χ4v) is 2.21. The molecule has 2 aromatic rings. The number of benzene rings is 1. The van der Waals surface area contributed by atoms with Gasteiger partial charge in [-0.05, 0) is 0 Å². The first-order valence-corrected chi connectivity index (χ1v) is 7.22. The number of aromatic nitrogens is 2. The zero-order valence-electron chi connectivity index (χ0n) is 10.0. The largest absolute Gasteiger partial charge is 0.369 e. The van der Waals surface area contributed by atoms with Crippen LogP contribution in [0.3, 0.4) is 0 Å². The second-order valence-electron chi connectivity index (χ2n) is 4.04. The SMILES string of the molecule is CS(=O)(=O)NCCn1c(N)nc2c(F)cc(F)cc21. The molecule has 6 nitrogen and oxygen atoms in total. The molecule has 0 unspecified atom stereocenters. The summed E-state index contributed by atoms with van der Waals surface area (Å²) in [7, 11) is -3.33. The van der Waals surface area contributed by atoms with Crippen molar-refractivity contribution in [3.05, 3.63) is 23.8 Å². The third-order valence-corrected chi connectivity index (χ3v) is 3.23. The van der Waals surface area contributed by atoms with Gasteiger partial charge < -0.3 is 10.3 Å². The van der Waals surface area contributed by atoms with Gasteiger partial charge in [-0.3, -0.25) is 0 Å². The van der Waals surface area contributed by atoms with Gasteiger partial charge in [0.1, 0.15) is 11.3 Å². The van der Waals surface area contributed by atoms with E-state index in [1.165, 1.54) is 4.57 Å². The number of nitrogens with two attached hydrogens (primary N) is 1. The normalized spacial score (nSPS) is 12.2. The Morgan fingerprint density at radius 2 is 2.11 bits per heavy atom. The molecule has 0 saturated heterocycles. The predicted octanol–water partition coefficient (Wildman–Crippen LogP) is 0.446. The second kappa shape index (κ2) is 4.74. The van der Waals surface area contributed by atoms with Crippen LogP contribution in [0.15, 0.2) is 12.1 Å². The molecule has 1 heterocycles. The van der Waals surface area contributed by atoms with E-state index in [1.54, 1.807) is 0 Å². The van der Waals surface area contributed by atoms with E-state index in [-0.39, 0.29) is 30.1 Å². The molecule has 0 aliphatic heterocycles. The maximum absolute atomic E-state index is 13.5. The number of imidazole rings is 1. The summed E-state index contributed by atoms with van der Waals surface area (Å²) < 4.78 is 52.1. The number of rotatable bonds is 4. The van der Waals surface area contributed by atoms with Crippen molar-refractivity contribution in [2.75, 3.05) is 18.5 Å². The van der Waals surface area contributed by atoms with Crippen LogP contribution in [0.1, 0.15) is 0 Å². The van der Waals surface area contributed by atoms with E-state index in [0.717, 1.165) is 12.3 Å². The van der Waals surface area contributed by atoms with Crippen molar-refractivity contribution >= 4 is 27.0 Å². The lowest BCUT2D eigenvalue weighted by Gasteiger charge is -2.06. The molecular formula is C10H12F2N4O2S. The smallest absolute Gasteiger partial charge is 0.208 e. The van der Waals surface area contributed by atoms with Crippen molar-refractivity contribution < 1.29 is 17.2 Å². The molecule has 0 aliphatic carbocycles. The lowest BCUT2D eigenvalue weighted by atomic mass is 10.3. The number of anilines is 1. The predicted molar refractivity (Wildman–Crippen MR) is 66.9 cm³/mol. The van der Waals surface area contributed by atoms with Gasteiger partial charge in [0.05, 0.1) is 11.8 Å². The number of sulfonamides is 1. The summed E-state index contributed by atoms with van der Waals surface area (Å²) in [5.41, 5.74) is 5.75. The van der Waals surface area contributed by atoms with E-state index in [1.807, 2.05) is 0 Å². The summed E-state index contributed by atoms with van der Waals surface area (Å²) in [6.07, 6.45) is 1.02. The minimum atomic E-state index is -3.33. The number of halogens is 2. The number of nitrogens with zero attached hydrogens (tertiary/aromatic N) is 2. The van der Waals surface area contributed by atoms with Crippen LogP contribution in [0.4, 0.5) is 14.7 Å². The Kier molecular flexibility index (Phi) is 3.42. The van der Waals surface area contributed by atoms with Gasteiger partial charge in [0.15, 0.2) is 5.82 Å². The van der Waals surface area contributed by atoms with Crippen LogP contribution in [-0.2, 0) is 16.6 Å². The van der Waals surface area contributed by atoms with Crippen molar-refractivity contribution in [1.82, 2.24) is 14.3 Å². The van der Waals surface area contributed by atoms with Crippen molar-refractivity contribution in [2.24, 2.45) is 0 Å². The summed E-state index contributed by atoms with van der Waals surface area (Å²) in [5, 5.41) is 0. The lowest BCUT2D eigenvalue weighted by molar-refractivity contribution is 0.579. The Hall–Kier alpha value is -1.74. The summed E-state index contributed by atoms with van der Waals surface area (Å²) in [6.45, 7) is 0.172. The first kappa shape index (κ1) is 13.7. The monoisotopic (exact) mass is 290 g/mol. The number of nitrogens with one attached hydrogen (secondary N) is 1. The molecule has 19 heavy (non-hydrogen) atoms. The van der Waals surface area contributed by atoms with Crippen LogP contribution in [-0.4, -0.2) is 30.8 Å². The highest BCUT2D eigenvalue weighted by molar-refractivity contribution is 7.88. The van der Waals surface area contributed by atoms with Gasteiger partial charge in [0, 0.05) is 25.2 Å². The van der Waals surface area contributed by atoms with Crippen LogP contribution < -0.4 is 10.5 Å². The molecule has 2 rings (SSSR count). The summed E-state index contributed by atoms with van der Waals surface area (Å²) in [4.78, 5) is 3.79. The Bertz CT molecular complexity index is 727. The van der Waals surface area contributed by atoms with Gasteiger partial charge in [-0.15, -0.1) is 0 Å².